The third kappa shape index (κ3) is 2.75. The van der Waals surface area contributed by atoms with Crippen molar-refractivity contribution in [2.45, 2.75) is 38.6 Å². The van der Waals surface area contributed by atoms with Crippen LogP contribution in [0.2, 0.25) is 5.02 Å². The van der Waals surface area contributed by atoms with Crippen LogP contribution < -0.4 is 4.90 Å². The number of carbonyl (C=O) groups is 1. The molecule has 1 N–H and O–H groups in total. The number of halogens is 1. The minimum absolute atomic E-state index is 0.131. The van der Waals surface area contributed by atoms with Crippen LogP contribution in [-0.4, -0.2) is 28.6 Å². The van der Waals surface area contributed by atoms with E-state index in [1.807, 2.05) is 0 Å². The van der Waals surface area contributed by atoms with Crippen molar-refractivity contribution < 1.29 is 9.90 Å². The molecule has 0 saturated carbocycles. The maximum atomic E-state index is 10.8. The number of nitrogens with zero attached hydrogens (tertiary/aromatic N) is 2. The van der Waals surface area contributed by atoms with Gasteiger partial charge in [0.1, 0.15) is 5.82 Å². The number of aromatic carboxylic acids is 1. The summed E-state index contributed by atoms with van der Waals surface area (Å²) in [5.74, 6) is -0.295. The van der Waals surface area contributed by atoms with Crippen LogP contribution in [0, 0.1) is 0 Å². The van der Waals surface area contributed by atoms with Crippen molar-refractivity contribution in [3.8, 4) is 0 Å². The van der Waals surface area contributed by atoms with Crippen LogP contribution in [0.25, 0.3) is 0 Å². The van der Waals surface area contributed by atoms with Crippen molar-refractivity contribution in [2.24, 2.45) is 0 Å². The zero-order valence-corrected chi connectivity index (χ0v) is 11.2. The molecular weight excluding hydrogens is 252 g/mol. The fourth-order valence-electron chi connectivity index (χ4n) is 2.35. The second kappa shape index (κ2) is 5.57. The van der Waals surface area contributed by atoms with Crippen LogP contribution in [0.4, 0.5) is 5.82 Å². The molecule has 1 aromatic heterocycles. The van der Waals surface area contributed by atoms with Gasteiger partial charge in [0.2, 0.25) is 0 Å². The highest BCUT2D eigenvalue weighted by Crippen LogP contribution is 2.29. The lowest BCUT2D eigenvalue weighted by atomic mass is 10.1. The molecule has 1 atom stereocenters. The van der Waals surface area contributed by atoms with Gasteiger partial charge in [0, 0.05) is 18.8 Å². The maximum Gasteiger partial charge on any atom is 0.337 e. The molecule has 5 heteroatoms. The molecule has 2 heterocycles. The van der Waals surface area contributed by atoms with Crippen molar-refractivity contribution in [3.05, 3.63) is 22.8 Å². The quantitative estimate of drug-likeness (QED) is 0.895. The van der Waals surface area contributed by atoms with Gasteiger partial charge in [-0.25, -0.2) is 9.78 Å². The Morgan fingerprint density at radius 2 is 2.28 bits per heavy atom. The normalized spacial score (nSPS) is 20.6. The van der Waals surface area contributed by atoms with E-state index in [-0.39, 0.29) is 5.56 Å². The van der Waals surface area contributed by atoms with E-state index in [0.717, 1.165) is 19.4 Å². The van der Waals surface area contributed by atoms with Gasteiger partial charge in [-0.3, -0.25) is 0 Å². The highest BCUT2D eigenvalue weighted by Gasteiger charge is 2.21. The molecule has 2 rings (SSSR count). The van der Waals surface area contributed by atoms with Crippen molar-refractivity contribution in [1.82, 2.24) is 4.98 Å². The van der Waals surface area contributed by atoms with E-state index in [1.54, 1.807) is 0 Å². The number of carboxylic acids is 1. The predicted octanol–water partition coefficient (Wildman–Crippen LogP) is 3.20. The van der Waals surface area contributed by atoms with Crippen LogP contribution in [0.3, 0.4) is 0 Å². The molecule has 0 spiro atoms. The first-order valence-corrected chi connectivity index (χ1v) is 6.63. The monoisotopic (exact) mass is 268 g/mol. The Bertz CT molecular complexity index is 451. The number of anilines is 1. The van der Waals surface area contributed by atoms with E-state index in [1.165, 1.54) is 25.1 Å². The van der Waals surface area contributed by atoms with Crippen LogP contribution in [-0.2, 0) is 0 Å². The van der Waals surface area contributed by atoms with Gasteiger partial charge in [0.15, 0.2) is 0 Å². The van der Waals surface area contributed by atoms with E-state index in [4.69, 9.17) is 16.7 Å². The summed E-state index contributed by atoms with van der Waals surface area (Å²) in [5, 5.41) is 9.32. The molecule has 0 amide bonds. The number of rotatable bonds is 2. The molecular formula is C13H17ClN2O2. The number of hydrogen-bond acceptors (Lipinski definition) is 3. The lowest BCUT2D eigenvalue weighted by Gasteiger charge is -2.29. The molecule has 1 saturated heterocycles. The van der Waals surface area contributed by atoms with E-state index in [0.29, 0.717) is 16.9 Å². The van der Waals surface area contributed by atoms with Crippen LogP contribution in [0.1, 0.15) is 43.0 Å². The fourth-order valence-corrected chi connectivity index (χ4v) is 2.62. The van der Waals surface area contributed by atoms with Gasteiger partial charge in [-0.05, 0) is 25.8 Å². The third-order valence-corrected chi connectivity index (χ3v) is 3.67. The van der Waals surface area contributed by atoms with Gasteiger partial charge >= 0.3 is 5.97 Å². The average Bonchev–Trinajstić information content (AvgIpc) is 2.54. The average molecular weight is 269 g/mol. The molecule has 1 unspecified atom stereocenters. The summed E-state index contributed by atoms with van der Waals surface area (Å²) in [5.41, 5.74) is 0.131. The van der Waals surface area contributed by atoms with Crippen molar-refractivity contribution in [1.29, 1.82) is 0 Å². The largest absolute Gasteiger partial charge is 0.478 e. The highest BCUT2D eigenvalue weighted by molar-refractivity contribution is 6.33. The summed E-state index contributed by atoms with van der Waals surface area (Å²) in [6.45, 7) is 3.09. The summed E-state index contributed by atoms with van der Waals surface area (Å²) in [7, 11) is 0. The standard InChI is InChI=1S/C13H17ClN2O2/c1-9-5-3-2-4-6-16(9)12-11(14)7-10(8-15-12)13(17)18/h7-9H,2-6H2,1H3,(H,17,18). The van der Waals surface area contributed by atoms with Crippen molar-refractivity contribution >= 4 is 23.4 Å². The van der Waals surface area contributed by atoms with E-state index < -0.39 is 5.97 Å². The molecule has 0 radical (unpaired) electrons. The zero-order valence-electron chi connectivity index (χ0n) is 10.4. The van der Waals surface area contributed by atoms with Gasteiger partial charge in [-0.2, -0.15) is 0 Å². The Morgan fingerprint density at radius 1 is 1.50 bits per heavy atom. The second-order valence-corrected chi connectivity index (χ2v) is 5.13. The molecule has 0 bridgehead atoms. The SMILES string of the molecule is CC1CCCCCN1c1ncc(C(=O)O)cc1Cl. The first-order chi connectivity index (χ1) is 8.59. The number of pyridine rings is 1. The van der Waals surface area contributed by atoms with Crippen molar-refractivity contribution in [2.75, 3.05) is 11.4 Å². The van der Waals surface area contributed by atoms with Crippen LogP contribution >= 0.6 is 11.6 Å². The van der Waals surface area contributed by atoms with E-state index in [2.05, 4.69) is 16.8 Å². The summed E-state index contributed by atoms with van der Waals surface area (Å²) in [4.78, 5) is 17.3. The fraction of sp³-hybridized carbons (Fsp3) is 0.538. The number of carboxylic acid groups (broad SMARTS) is 1. The Balaban J connectivity index is 2.29. The Morgan fingerprint density at radius 3 is 2.94 bits per heavy atom. The molecule has 98 valence electrons. The summed E-state index contributed by atoms with van der Waals surface area (Å²) >= 11 is 6.16. The van der Waals surface area contributed by atoms with Gasteiger partial charge in [-0.1, -0.05) is 24.4 Å². The highest BCUT2D eigenvalue weighted by atomic mass is 35.5. The summed E-state index contributed by atoms with van der Waals surface area (Å²) < 4.78 is 0. The predicted molar refractivity (Wildman–Crippen MR) is 71.5 cm³/mol. The Hall–Kier alpha value is -1.29. The third-order valence-electron chi connectivity index (χ3n) is 3.39. The first kappa shape index (κ1) is 13.1. The first-order valence-electron chi connectivity index (χ1n) is 6.25. The molecule has 1 aliphatic heterocycles. The van der Waals surface area contributed by atoms with E-state index >= 15 is 0 Å². The molecule has 0 aliphatic carbocycles. The lowest BCUT2D eigenvalue weighted by molar-refractivity contribution is 0.0696. The smallest absolute Gasteiger partial charge is 0.337 e. The molecule has 1 aliphatic rings. The minimum atomic E-state index is -1.00. The van der Waals surface area contributed by atoms with Gasteiger partial charge in [-0.15, -0.1) is 0 Å². The summed E-state index contributed by atoms with van der Waals surface area (Å²) in [6.07, 6.45) is 6.08. The Kier molecular flexibility index (Phi) is 4.07. The maximum absolute atomic E-state index is 10.8. The van der Waals surface area contributed by atoms with Crippen LogP contribution in [0.15, 0.2) is 12.3 Å². The number of aromatic nitrogens is 1. The van der Waals surface area contributed by atoms with Crippen LogP contribution in [0.5, 0.6) is 0 Å². The topological polar surface area (TPSA) is 53.4 Å². The van der Waals surface area contributed by atoms with Gasteiger partial charge in [0.05, 0.1) is 10.6 Å². The Labute approximate surface area is 112 Å². The number of hydrogen-bond donors (Lipinski definition) is 1. The molecule has 4 nitrogen and oxygen atoms in total. The molecule has 1 aromatic rings. The van der Waals surface area contributed by atoms with E-state index in [9.17, 15) is 4.79 Å². The summed E-state index contributed by atoms with van der Waals surface area (Å²) in [6, 6.07) is 1.87. The molecule has 0 aromatic carbocycles. The van der Waals surface area contributed by atoms with Crippen molar-refractivity contribution in [3.63, 3.8) is 0 Å². The second-order valence-electron chi connectivity index (χ2n) is 4.73. The molecule has 1 fully saturated rings. The lowest BCUT2D eigenvalue weighted by Crippen LogP contribution is -2.33. The zero-order chi connectivity index (χ0) is 13.1. The van der Waals surface area contributed by atoms with Gasteiger partial charge < -0.3 is 10.0 Å². The van der Waals surface area contributed by atoms with Gasteiger partial charge in [0.25, 0.3) is 0 Å². The minimum Gasteiger partial charge on any atom is -0.478 e. The molecule has 18 heavy (non-hydrogen) atoms.